The Kier molecular flexibility index (Phi) is 5.94. The van der Waals surface area contributed by atoms with E-state index in [-0.39, 0.29) is 30.3 Å². The smallest absolute Gasteiger partial charge is 0.318 e. The first kappa shape index (κ1) is 20.3. The molecule has 0 spiro atoms. The summed E-state index contributed by atoms with van der Waals surface area (Å²) in [6.07, 6.45) is 7.11. The van der Waals surface area contributed by atoms with Crippen LogP contribution in [0.25, 0.3) is 5.57 Å². The number of ether oxygens (including phenoxy) is 1. The molecule has 1 fully saturated rings. The predicted octanol–water partition coefficient (Wildman–Crippen LogP) is 1.85. The van der Waals surface area contributed by atoms with Crippen LogP contribution in [0.1, 0.15) is 41.5 Å². The maximum Gasteiger partial charge on any atom is 0.318 e. The van der Waals surface area contributed by atoms with E-state index >= 15 is 0 Å². The minimum Gasteiger partial charge on any atom is -0.467 e. The first-order chi connectivity index (χ1) is 14.6. The van der Waals surface area contributed by atoms with Crippen LogP contribution in [0.5, 0.6) is 6.01 Å². The van der Waals surface area contributed by atoms with Gasteiger partial charge in [-0.25, -0.2) is 0 Å². The maximum atomic E-state index is 12.5. The number of aliphatic hydroxyl groups is 1. The van der Waals surface area contributed by atoms with Gasteiger partial charge in [0.15, 0.2) is 0 Å². The van der Waals surface area contributed by atoms with E-state index in [1.165, 1.54) is 23.9 Å². The SMILES string of the molecule is COc1nc(C(=O)N[C@H](C)CO)cc(N2CCC(C3=CCc4ncccc43)CC2)n1. The standard InChI is InChI=1S/C22H27N5O3/c1-14(13-28)24-21(29)19-12-20(26-22(25-19)30-2)27-10-7-15(8-11-27)16-5-6-18-17(16)4-3-9-23-18/h3-5,9,12,14-15,28H,6-8,10-11,13H2,1-2H3,(H,24,29)/t14-/m1/s1. The van der Waals surface area contributed by atoms with Gasteiger partial charge in [-0.05, 0) is 42.9 Å². The highest BCUT2D eigenvalue weighted by Gasteiger charge is 2.28. The van der Waals surface area contributed by atoms with Crippen molar-refractivity contribution in [3.05, 3.63) is 47.4 Å². The zero-order valence-corrected chi connectivity index (χ0v) is 17.3. The molecule has 1 aliphatic heterocycles. The zero-order chi connectivity index (χ0) is 21.1. The number of amides is 1. The lowest BCUT2D eigenvalue weighted by molar-refractivity contribution is 0.0916. The lowest BCUT2D eigenvalue weighted by Gasteiger charge is -2.33. The quantitative estimate of drug-likeness (QED) is 0.751. The molecule has 2 aromatic heterocycles. The molecular formula is C22H27N5O3. The molecule has 2 aromatic rings. The Morgan fingerprint density at radius 2 is 2.17 bits per heavy atom. The summed E-state index contributed by atoms with van der Waals surface area (Å²) in [5.74, 6) is 0.835. The Morgan fingerprint density at radius 3 is 2.90 bits per heavy atom. The van der Waals surface area contributed by atoms with Crippen LogP contribution in [-0.2, 0) is 6.42 Å². The second-order valence-corrected chi connectivity index (χ2v) is 7.78. The van der Waals surface area contributed by atoms with Gasteiger partial charge in [-0.1, -0.05) is 12.1 Å². The molecule has 2 aliphatic rings. The van der Waals surface area contributed by atoms with Gasteiger partial charge in [-0.15, -0.1) is 0 Å². The van der Waals surface area contributed by atoms with E-state index in [1.807, 2.05) is 12.3 Å². The Morgan fingerprint density at radius 1 is 1.37 bits per heavy atom. The largest absolute Gasteiger partial charge is 0.467 e. The zero-order valence-electron chi connectivity index (χ0n) is 17.3. The maximum absolute atomic E-state index is 12.5. The monoisotopic (exact) mass is 409 g/mol. The number of fused-ring (bicyclic) bond motifs is 1. The van der Waals surface area contributed by atoms with Crippen molar-refractivity contribution in [2.45, 2.75) is 32.2 Å². The van der Waals surface area contributed by atoms with Crippen molar-refractivity contribution in [2.75, 3.05) is 31.7 Å². The Bertz CT molecular complexity index is 954. The molecular weight excluding hydrogens is 382 g/mol. The van der Waals surface area contributed by atoms with Crippen LogP contribution >= 0.6 is 0 Å². The average Bonchev–Trinajstić information content (AvgIpc) is 3.23. The molecule has 3 heterocycles. The van der Waals surface area contributed by atoms with Crippen LogP contribution < -0.4 is 15.0 Å². The molecule has 0 saturated carbocycles. The van der Waals surface area contributed by atoms with Crippen LogP contribution in [0.15, 0.2) is 30.5 Å². The van der Waals surface area contributed by atoms with Crippen molar-refractivity contribution in [3.63, 3.8) is 0 Å². The van der Waals surface area contributed by atoms with Crippen molar-refractivity contribution in [3.8, 4) is 6.01 Å². The van der Waals surface area contributed by atoms with Crippen LogP contribution in [-0.4, -0.2) is 58.8 Å². The summed E-state index contributed by atoms with van der Waals surface area (Å²) >= 11 is 0. The Hall–Kier alpha value is -3.00. The third kappa shape index (κ3) is 4.14. The summed E-state index contributed by atoms with van der Waals surface area (Å²) in [7, 11) is 1.49. The van der Waals surface area contributed by atoms with Crippen LogP contribution in [0.2, 0.25) is 0 Å². The molecule has 1 amide bonds. The number of carbonyl (C=O) groups excluding carboxylic acids is 1. The molecule has 0 unspecified atom stereocenters. The molecule has 1 saturated heterocycles. The molecule has 4 rings (SSSR count). The van der Waals surface area contributed by atoms with E-state index in [0.717, 1.165) is 32.4 Å². The number of carbonyl (C=O) groups is 1. The molecule has 0 aromatic carbocycles. The number of hydrogen-bond donors (Lipinski definition) is 2. The first-order valence-corrected chi connectivity index (χ1v) is 10.3. The van der Waals surface area contributed by atoms with Crippen molar-refractivity contribution in [1.82, 2.24) is 20.3 Å². The third-order valence-electron chi connectivity index (χ3n) is 5.73. The molecule has 158 valence electrons. The Balaban J connectivity index is 1.47. The molecule has 1 aliphatic carbocycles. The number of nitrogens with one attached hydrogen (secondary N) is 1. The fraction of sp³-hybridized carbons (Fsp3) is 0.455. The number of methoxy groups -OCH3 is 1. The predicted molar refractivity (Wildman–Crippen MR) is 113 cm³/mol. The fourth-order valence-corrected chi connectivity index (χ4v) is 4.11. The van der Waals surface area contributed by atoms with Gasteiger partial charge in [0.1, 0.15) is 11.5 Å². The number of piperidine rings is 1. The van der Waals surface area contributed by atoms with Gasteiger partial charge in [0, 0.05) is 37.8 Å². The number of rotatable bonds is 6. The van der Waals surface area contributed by atoms with Crippen LogP contribution in [0.3, 0.4) is 0 Å². The van der Waals surface area contributed by atoms with Gasteiger partial charge in [0.25, 0.3) is 5.91 Å². The lowest BCUT2D eigenvalue weighted by atomic mass is 9.86. The van der Waals surface area contributed by atoms with Crippen molar-refractivity contribution >= 4 is 17.3 Å². The number of aliphatic hydroxyl groups excluding tert-OH is 1. The molecule has 30 heavy (non-hydrogen) atoms. The van der Waals surface area contributed by atoms with Crippen molar-refractivity contribution in [1.29, 1.82) is 0 Å². The first-order valence-electron chi connectivity index (χ1n) is 10.3. The number of anilines is 1. The van der Waals surface area contributed by atoms with E-state index in [1.54, 1.807) is 13.0 Å². The number of aromatic nitrogens is 3. The summed E-state index contributed by atoms with van der Waals surface area (Å²) in [5.41, 5.74) is 4.11. The topological polar surface area (TPSA) is 100 Å². The van der Waals surface area contributed by atoms with Gasteiger partial charge in [-0.2, -0.15) is 9.97 Å². The number of allylic oxidation sites excluding steroid dienone is 2. The lowest BCUT2D eigenvalue weighted by Crippen LogP contribution is -2.37. The second-order valence-electron chi connectivity index (χ2n) is 7.78. The molecule has 8 heteroatoms. The average molecular weight is 409 g/mol. The second kappa shape index (κ2) is 8.79. The minimum atomic E-state index is -0.353. The summed E-state index contributed by atoms with van der Waals surface area (Å²) in [4.78, 5) is 27.7. The van der Waals surface area contributed by atoms with Crippen LogP contribution in [0.4, 0.5) is 5.82 Å². The fourth-order valence-electron chi connectivity index (χ4n) is 4.11. The summed E-state index contributed by atoms with van der Waals surface area (Å²) in [5, 5.41) is 11.9. The highest BCUT2D eigenvalue weighted by Crippen LogP contribution is 2.37. The molecule has 0 bridgehead atoms. The normalized spacial score (nSPS) is 17.3. The molecule has 1 atom stereocenters. The highest BCUT2D eigenvalue weighted by atomic mass is 16.5. The van der Waals surface area contributed by atoms with Gasteiger partial charge in [-0.3, -0.25) is 9.78 Å². The molecule has 2 N–H and O–H groups in total. The van der Waals surface area contributed by atoms with Gasteiger partial charge in [0.05, 0.1) is 19.4 Å². The van der Waals surface area contributed by atoms with Crippen molar-refractivity contribution in [2.24, 2.45) is 5.92 Å². The summed E-state index contributed by atoms with van der Waals surface area (Å²) in [6, 6.07) is 5.67. The summed E-state index contributed by atoms with van der Waals surface area (Å²) < 4.78 is 5.21. The van der Waals surface area contributed by atoms with E-state index in [9.17, 15) is 9.90 Å². The third-order valence-corrected chi connectivity index (χ3v) is 5.73. The van der Waals surface area contributed by atoms with E-state index < -0.39 is 0 Å². The molecule has 8 nitrogen and oxygen atoms in total. The van der Waals surface area contributed by atoms with Gasteiger partial charge >= 0.3 is 6.01 Å². The van der Waals surface area contributed by atoms with E-state index in [2.05, 4.69) is 37.3 Å². The van der Waals surface area contributed by atoms with Crippen LogP contribution in [0, 0.1) is 5.92 Å². The van der Waals surface area contributed by atoms with E-state index in [0.29, 0.717) is 11.7 Å². The van der Waals surface area contributed by atoms with Gasteiger partial charge in [0.2, 0.25) is 0 Å². The minimum absolute atomic E-state index is 0.136. The number of pyridine rings is 1. The van der Waals surface area contributed by atoms with E-state index in [4.69, 9.17) is 4.74 Å². The molecule has 0 radical (unpaired) electrons. The van der Waals surface area contributed by atoms with Gasteiger partial charge < -0.3 is 20.1 Å². The number of nitrogens with zero attached hydrogens (tertiary/aromatic N) is 4. The summed E-state index contributed by atoms with van der Waals surface area (Å²) in [6.45, 7) is 3.27. The number of hydrogen-bond acceptors (Lipinski definition) is 7. The Labute approximate surface area is 176 Å². The highest BCUT2D eigenvalue weighted by molar-refractivity contribution is 5.93. The van der Waals surface area contributed by atoms with Crippen molar-refractivity contribution < 1.29 is 14.6 Å².